The summed E-state index contributed by atoms with van der Waals surface area (Å²) in [5, 5.41) is 8.44. The number of amides is 1. The Morgan fingerprint density at radius 2 is 2.26 bits per heavy atom. The van der Waals surface area contributed by atoms with Gasteiger partial charge in [-0.15, -0.1) is 0 Å². The number of nitrogens with one attached hydrogen (secondary N) is 2. The molecule has 0 fully saturated rings. The highest BCUT2D eigenvalue weighted by Crippen LogP contribution is 2.30. The average molecular weight is 368 g/mol. The Balaban J connectivity index is 1.50. The van der Waals surface area contributed by atoms with Crippen molar-refractivity contribution in [1.29, 1.82) is 0 Å². The van der Waals surface area contributed by atoms with E-state index in [0.29, 0.717) is 12.0 Å². The van der Waals surface area contributed by atoms with E-state index in [4.69, 9.17) is 4.42 Å². The molecule has 0 aromatic carbocycles. The third-order valence-electron chi connectivity index (χ3n) is 5.55. The van der Waals surface area contributed by atoms with Gasteiger partial charge >= 0.3 is 0 Å². The lowest BCUT2D eigenvalue weighted by atomic mass is 9.93. The molecule has 0 aliphatic heterocycles. The molecule has 1 unspecified atom stereocenters. The summed E-state index contributed by atoms with van der Waals surface area (Å²) in [5.41, 5.74) is 4.09. The average Bonchev–Trinajstić information content (AvgIpc) is 3.20. The molecule has 4 rings (SSSR count). The number of furan rings is 1. The number of aromatic nitrogens is 3. The molecule has 0 saturated heterocycles. The number of hydrogen-bond donors (Lipinski definition) is 2. The van der Waals surface area contributed by atoms with Crippen LogP contribution in [-0.2, 0) is 24.7 Å². The predicted octanol–water partition coefficient (Wildman–Crippen LogP) is 2.60. The summed E-state index contributed by atoms with van der Waals surface area (Å²) in [6.07, 6.45) is 5.21. The second kappa shape index (κ2) is 6.72. The van der Waals surface area contributed by atoms with E-state index in [1.807, 2.05) is 27.0 Å². The fourth-order valence-corrected chi connectivity index (χ4v) is 4.20. The van der Waals surface area contributed by atoms with Crippen molar-refractivity contribution in [3.05, 3.63) is 50.8 Å². The van der Waals surface area contributed by atoms with E-state index in [0.717, 1.165) is 52.9 Å². The zero-order chi connectivity index (χ0) is 19.1. The van der Waals surface area contributed by atoms with Crippen molar-refractivity contribution >= 4 is 16.9 Å². The van der Waals surface area contributed by atoms with Crippen LogP contribution in [-0.4, -0.2) is 20.7 Å². The number of aryl methyl sites for hydroxylation is 4. The number of carbonyl (C=O) groups excluding carboxylic acids is 1. The van der Waals surface area contributed by atoms with E-state index in [9.17, 15) is 9.59 Å². The molecular formula is C20H24N4O3. The van der Waals surface area contributed by atoms with Gasteiger partial charge in [0, 0.05) is 36.4 Å². The highest BCUT2D eigenvalue weighted by Gasteiger charge is 2.24. The van der Waals surface area contributed by atoms with Crippen molar-refractivity contribution in [2.75, 3.05) is 0 Å². The maximum Gasteiger partial charge on any atom is 0.253 e. The molecule has 2 N–H and O–H groups in total. The van der Waals surface area contributed by atoms with Crippen LogP contribution in [0, 0.1) is 13.8 Å². The largest absolute Gasteiger partial charge is 0.469 e. The van der Waals surface area contributed by atoms with Crippen LogP contribution < -0.4 is 10.9 Å². The highest BCUT2D eigenvalue weighted by molar-refractivity contribution is 5.83. The molecule has 1 aliphatic carbocycles. The van der Waals surface area contributed by atoms with Gasteiger partial charge in [0.2, 0.25) is 5.91 Å². The first kappa shape index (κ1) is 17.6. The summed E-state index contributed by atoms with van der Waals surface area (Å²) in [5.74, 6) is 0.923. The zero-order valence-corrected chi connectivity index (χ0v) is 15.9. The molecule has 0 saturated carbocycles. The van der Waals surface area contributed by atoms with Gasteiger partial charge in [0.05, 0.1) is 18.0 Å². The fourth-order valence-electron chi connectivity index (χ4n) is 4.20. The summed E-state index contributed by atoms with van der Waals surface area (Å²) in [6, 6.07) is 1.94. The Bertz CT molecular complexity index is 1070. The van der Waals surface area contributed by atoms with Gasteiger partial charge in [0.1, 0.15) is 11.4 Å². The molecule has 142 valence electrons. The number of pyridine rings is 1. The van der Waals surface area contributed by atoms with Gasteiger partial charge in [-0.25, -0.2) is 0 Å². The van der Waals surface area contributed by atoms with Crippen LogP contribution in [0.3, 0.4) is 0 Å². The predicted molar refractivity (Wildman–Crippen MR) is 102 cm³/mol. The molecule has 27 heavy (non-hydrogen) atoms. The van der Waals surface area contributed by atoms with Crippen molar-refractivity contribution in [1.82, 2.24) is 20.1 Å². The summed E-state index contributed by atoms with van der Waals surface area (Å²) in [4.78, 5) is 27.9. The zero-order valence-electron chi connectivity index (χ0n) is 15.9. The number of carbonyl (C=O) groups is 1. The Morgan fingerprint density at radius 3 is 3.07 bits per heavy atom. The van der Waals surface area contributed by atoms with Crippen LogP contribution in [0.2, 0.25) is 0 Å². The minimum absolute atomic E-state index is 0.00225. The quantitative estimate of drug-likeness (QED) is 0.740. The van der Waals surface area contributed by atoms with E-state index in [1.165, 1.54) is 0 Å². The van der Waals surface area contributed by atoms with Gasteiger partial charge in [-0.05, 0) is 44.7 Å². The number of aromatic amines is 1. The Morgan fingerprint density at radius 1 is 1.44 bits per heavy atom. The fraction of sp³-hybridized carbons (Fsp3) is 0.450. The maximum absolute atomic E-state index is 12.5. The maximum atomic E-state index is 12.5. The van der Waals surface area contributed by atoms with Crippen LogP contribution in [0.1, 0.15) is 53.4 Å². The molecule has 3 heterocycles. The molecule has 0 spiro atoms. The molecule has 3 aromatic heterocycles. The second-order valence-electron chi connectivity index (χ2n) is 7.30. The van der Waals surface area contributed by atoms with Gasteiger partial charge in [0.15, 0.2) is 0 Å². The molecule has 0 radical (unpaired) electrons. The molecule has 1 atom stereocenters. The normalized spacial score (nSPS) is 16.5. The number of nitrogens with zero attached hydrogens (tertiary/aromatic N) is 2. The molecule has 1 amide bonds. The van der Waals surface area contributed by atoms with Gasteiger partial charge in [-0.1, -0.05) is 0 Å². The van der Waals surface area contributed by atoms with E-state index >= 15 is 0 Å². The highest BCUT2D eigenvalue weighted by atomic mass is 16.3. The van der Waals surface area contributed by atoms with E-state index in [2.05, 4.69) is 15.4 Å². The minimum Gasteiger partial charge on any atom is -0.469 e. The Kier molecular flexibility index (Phi) is 4.37. The van der Waals surface area contributed by atoms with Crippen molar-refractivity contribution in [3.8, 4) is 0 Å². The van der Waals surface area contributed by atoms with Crippen LogP contribution in [0.4, 0.5) is 0 Å². The van der Waals surface area contributed by atoms with Crippen molar-refractivity contribution in [2.24, 2.45) is 7.05 Å². The molecule has 7 nitrogen and oxygen atoms in total. The van der Waals surface area contributed by atoms with Gasteiger partial charge in [-0.2, -0.15) is 5.10 Å². The number of rotatable bonds is 4. The van der Waals surface area contributed by atoms with E-state index in [1.54, 1.807) is 10.9 Å². The summed E-state index contributed by atoms with van der Waals surface area (Å²) >= 11 is 0. The molecule has 1 aliphatic rings. The summed E-state index contributed by atoms with van der Waals surface area (Å²) in [6.45, 7) is 3.86. The second-order valence-corrected chi connectivity index (χ2v) is 7.30. The minimum atomic E-state index is -0.148. The number of H-pyrrole nitrogens is 1. The lowest BCUT2D eigenvalue weighted by Gasteiger charge is -2.22. The molecule has 3 aromatic rings. The van der Waals surface area contributed by atoms with Gasteiger partial charge < -0.3 is 14.7 Å². The molecule has 7 heteroatoms. The summed E-state index contributed by atoms with van der Waals surface area (Å²) < 4.78 is 7.16. The third-order valence-corrected chi connectivity index (χ3v) is 5.55. The van der Waals surface area contributed by atoms with Crippen LogP contribution in [0.5, 0.6) is 0 Å². The lowest BCUT2D eigenvalue weighted by molar-refractivity contribution is -0.121. The van der Waals surface area contributed by atoms with Crippen molar-refractivity contribution in [3.63, 3.8) is 0 Å². The van der Waals surface area contributed by atoms with Crippen LogP contribution >= 0.6 is 0 Å². The third kappa shape index (κ3) is 3.07. The first-order valence-electron chi connectivity index (χ1n) is 9.36. The smallest absolute Gasteiger partial charge is 0.253 e. The van der Waals surface area contributed by atoms with Gasteiger partial charge in [0.25, 0.3) is 5.56 Å². The molecular weight excluding hydrogens is 344 g/mol. The molecule has 0 bridgehead atoms. The number of hydrogen-bond acceptors (Lipinski definition) is 4. The Labute approximate surface area is 156 Å². The first-order chi connectivity index (χ1) is 13.0. The lowest BCUT2D eigenvalue weighted by Crippen LogP contribution is -2.31. The monoisotopic (exact) mass is 368 g/mol. The van der Waals surface area contributed by atoms with Crippen molar-refractivity contribution < 1.29 is 9.21 Å². The SMILES string of the molecule is Cc1nn(C)c2[nH]c(=O)c(CCC(=O)NC3CCCc4occc43)c(C)c12. The van der Waals surface area contributed by atoms with E-state index in [-0.39, 0.29) is 23.9 Å². The van der Waals surface area contributed by atoms with Gasteiger partial charge in [-0.3, -0.25) is 14.3 Å². The van der Waals surface area contributed by atoms with E-state index < -0.39 is 0 Å². The van der Waals surface area contributed by atoms with Crippen LogP contribution in [0.15, 0.2) is 21.5 Å². The first-order valence-corrected chi connectivity index (χ1v) is 9.36. The Hall–Kier alpha value is -2.83. The van der Waals surface area contributed by atoms with Crippen LogP contribution in [0.25, 0.3) is 11.0 Å². The number of fused-ring (bicyclic) bond motifs is 2. The summed E-state index contributed by atoms with van der Waals surface area (Å²) in [7, 11) is 1.81. The standard InChI is InChI=1S/C20H24N4O3/c1-11-13(20(26)22-19-18(11)12(2)23-24(19)3)7-8-17(25)21-15-5-4-6-16-14(15)9-10-27-16/h9-10,15H,4-8H2,1-3H3,(H,21,25)(H,22,26). The topological polar surface area (TPSA) is 92.9 Å². The van der Waals surface area contributed by atoms with Crippen molar-refractivity contribution in [2.45, 2.75) is 52.0 Å².